The largest absolute Gasteiger partial charge is 0.397 e. The number of nitrogens with two attached hydrogens (primary N) is 1. The molecule has 1 aromatic carbocycles. The number of hydrogen-bond donors (Lipinski definition) is 1. The highest BCUT2D eigenvalue weighted by molar-refractivity contribution is 9.10. The average Bonchev–Trinajstić information content (AvgIpc) is 2.33. The van der Waals surface area contributed by atoms with Crippen molar-refractivity contribution in [2.75, 3.05) is 5.73 Å². The van der Waals surface area contributed by atoms with Crippen LogP contribution in [0.3, 0.4) is 0 Å². The molecule has 2 aromatic rings. The Kier molecular flexibility index (Phi) is 3.45. The summed E-state index contributed by atoms with van der Waals surface area (Å²) in [5.41, 5.74) is 8.23. The minimum Gasteiger partial charge on any atom is -0.397 e. The van der Waals surface area contributed by atoms with Gasteiger partial charge in [-0.3, -0.25) is 4.79 Å². The van der Waals surface area contributed by atoms with Crippen molar-refractivity contribution in [3.63, 3.8) is 0 Å². The predicted molar refractivity (Wildman–Crippen MR) is 72.2 cm³/mol. The molecule has 0 fully saturated rings. The van der Waals surface area contributed by atoms with Crippen LogP contribution in [-0.2, 0) is 0 Å². The Labute approximate surface area is 112 Å². The van der Waals surface area contributed by atoms with E-state index in [0.717, 1.165) is 16.3 Å². The van der Waals surface area contributed by atoms with Crippen molar-refractivity contribution >= 4 is 39.5 Å². The number of carbonyl (C=O) groups excluding carboxylic acids is 1. The van der Waals surface area contributed by atoms with E-state index in [1.54, 1.807) is 24.3 Å². The molecule has 0 aliphatic rings. The zero-order chi connectivity index (χ0) is 12.4. The van der Waals surface area contributed by atoms with Crippen molar-refractivity contribution in [2.45, 2.75) is 0 Å². The van der Waals surface area contributed by atoms with Crippen LogP contribution in [0.25, 0.3) is 11.3 Å². The van der Waals surface area contributed by atoms with Gasteiger partial charge in [0.25, 0.3) is 0 Å². The number of anilines is 1. The first-order valence-corrected chi connectivity index (χ1v) is 5.96. The summed E-state index contributed by atoms with van der Waals surface area (Å²) in [6, 6.07) is 8.63. The molecule has 0 aliphatic heterocycles. The van der Waals surface area contributed by atoms with Crippen LogP contribution >= 0.6 is 27.5 Å². The first-order chi connectivity index (χ1) is 8.11. The first kappa shape index (κ1) is 12.1. The van der Waals surface area contributed by atoms with E-state index in [0.29, 0.717) is 22.1 Å². The molecule has 1 heterocycles. The van der Waals surface area contributed by atoms with Gasteiger partial charge in [-0.2, -0.15) is 0 Å². The van der Waals surface area contributed by atoms with E-state index in [2.05, 4.69) is 20.9 Å². The maximum Gasteiger partial charge on any atom is 0.151 e. The molecule has 0 spiro atoms. The van der Waals surface area contributed by atoms with Crippen molar-refractivity contribution in [1.29, 1.82) is 0 Å². The second kappa shape index (κ2) is 4.85. The highest BCUT2D eigenvalue weighted by Gasteiger charge is 2.08. The van der Waals surface area contributed by atoms with Gasteiger partial charge in [0.1, 0.15) is 5.15 Å². The predicted octanol–water partition coefficient (Wildman–Crippen LogP) is 3.56. The molecule has 0 amide bonds. The molecule has 0 bridgehead atoms. The van der Waals surface area contributed by atoms with Crippen LogP contribution in [0.1, 0.15) is 10.4 Å². The maximum absolute atomic E-state index is 10.9. The van der Waals surface area contributed by atoms with Gasteiger partial charge >= 0.3 is 0 Å². The second-order valence-electron chi connectivity index (χ2n) is 3.43. The van der Waals surface area contributed by atoms with E-state index < -0.39 is 0 Å². The third-order valence-electron chi connectivity index (χ3n) is 2.29. The molecule has 0 radical (unpaired) electrons. The SMILES string of the molecule is Nc1ccc(Cl)nc1-c1ccc(Br)c(C=O)c1. The number of benzene rings is 1. The van der Waals surface area contributed by atoms with Crippen LogP contribution < -0.4 is 5.73 Å². The minimum absolute atomic E-state index is 0.366. The van der Waals surface area contributed by atoms with E-state index >= 15 is 0 Å². The van der Waals surface area contributed by atoms with Crippen LogP contribution in [0, 0.1) is 0 Å². The molecule has 86 valence electrons. The lowest BCUT2D eigenvalue weighted by Gasteiger charge is -2.06. The van der Waals surface area contributed by atoms with Crippen molar-refractivity contribution in [3.8, 4) is 11.3 Å². The number of hydrogen-bond acceptors (Lipinski definition) is 3. The Morgan fingerprint density at radius 2 is 2.06 bits per heavy atom. The fourth-order valence-corrected chi connectivity index (χ4v) is 1.95. The number of carbonyl (C=O) groups is 1. The zero-order valence-electron chi connectivity index (χ0n) is 8.65. The summed E-state index contributed by atoms with van der Waals surface area (Å²) in [5, 5.41) is 0.366. The quantitative estimate of drug-likeness (QED) is 0.681. The Bertz CT molecular complexity index is 587. The molecule has 1 aromatic heterocycles. The fraction of sp³-hybridized carbons (Fsp3) is 0. The summed E-state index contributed by atoms with van der Waals surface area (Å²) in [6.45, 7) is 0. The topological polar surface area (TPSA) is 56.0 Å². The fourth-order valence-electron chi connectivity index (χ4n) is 1.46. The van der Waals surface area contributed by atoms with Crippen LogP contribution in [0.2, 0.25) is 5.15 Å². The van der Waals surface area contributed by atoms with Gasteiger partial charge in [-0.05, 0) is 24.3 Å². The van der Waals surface area contributed by atoms with Gasteiger partial charge in [-0.1, -0.05) is 33.6 Å². The molecule has 0 aliphatic carbocycles. The minimum atomic E-state index is 0.366. The van der Waals surface area contributed by atoms with Gasteiger partial charge in [-0.25, -0.2) is 4.98 Å². The molecule has 0 saturated heterocycles. The normalized spacial score (nSPS) is 10.2. The Hall–Kier alpha value is -1.39. The average molecular weight is 312 g/mol. The van der Waals surface area contributed by atoms with E-state index in [-0.39, 0.29) is 0 Å². The first-order valence-electron chi connectivity index (χ1n) is 4.79. The number of aromatic nitrogens is 1. The molecule has 17 heavy (non-hydrogen) atoms. The van der Waals surface area contributed by atoms with E-state index in [1.807, 2.05) is 6.07 Å². The number of halogens is 2. The number of nitrogens with zero attached hydrogens (tertiary/aromatic N) is 1. The van der Waals surface area contributed by atoms with Crippen LogP contribution in [0.5, 0.6) is 0 Å². The van der Waals surface area contributed by atoms with Gasteiger partial charge in [0.05, 0.1) is 11.4 Å². The van der Waals surface area contributed by atoms with Crippen molar-refractivity contribution in [3.05, 3.63) is 45.5 Å². The highest BCUT2D eigenvalue weighted by atomic mass is 79.9. The van der Waals surface area contributed by atoms with E-state index in [1.165, 1.54) is 0 Å². The van der Waals surface area contributed by atoms with Gasteiger partial charge in [-0.15, -0.1) is 0 Å². The lowest BCUT2D eigenvalue weighted by atomic mass is 10.1. The molecule has 0 unspecified atom stereocenters. The van der Waals surface area contributed by atoms with E-state index in [9.17, 15) is 4.79 Å². The molecule has 2 rings (SSSR count). The number of nitrogen functional groups attached to an aromatic ring is 1. The standard InChI is InChI=1S/C12H8BrClN2O/c13-9-2-1-7(5-8(9)6-17)12-10(15)3-4-11(14)16-12/h1-6H,15H2. The number of aldehydes is 1. The smallest absolute Gasteiger partial charge is 0.151 e. The lowest BCUT2D eigenvalue weighted by Crippen LogP contribution is -1.94. The molecule has 0 saturated carbocycles. The Balaban J connectivity index is 2.60. The van der Waals surface area contributed by atoms with Gasteiger partial charge in [0, 0.05) is 15.6 Å². The maximum atomic E-state index is 10.9. The Morgan fingerprint density at radius 1 is 1.29 bits per heavy atom. The molecule has 3 nitrogen and oxygen atoms in total. The third kappa shape index (κ3) is 2.48. The number of pyridine rings is 1. The van der Waals surface area contributed by atoms with Crippen molar-refractivity contribution in [2.24, 2.45) is 0 Å². The van der Waals surface area contributed by atoms with Crippen LogP contribution in [-0.4, -0.2) is 11.3 Å². The zero-order valence-corrected chi connectivity index (χ0v) is 11.0. The molecular formula is C12H8BrClN2O. The number of rotatable bonds is 2. The second-order valence-corrected chi connectivity index (χ2v) is 4.67. The molecule has 5 heteroatoms. The summed E-state index contributed by atoms with van der Waals surface area (Å²) < 4.78 is 0.733. The molecule has 0 atom stereocenters. The van der Waals surface area contributed by atoms with Crippen molar-refractivity contribution in [1.82, 2.24) is 4.98 Å². The molecular weight excluding hydrogens is 304 g/mol. The molecule has 2 N–H and O–H groups in total. The third-order valence-corrected chi connectivity index (χ3v) is 3.22. The summed E-state index contributed by atoms with van der Waals surface area (Å²) >= 11 is 9.11. The lowest BCUT2D eigenvalue weighted by molar-refractivity contribution is 0.112. The highest BCUT2D eigenvalue weighted by Crippen LogP contribution is 2.28. The summed E-state index contributed by atoms with van der Waals surface area (Å²) in [6.07, 6.45) is 0.772. The summed E-state index contributed by atoms with van der Waals surface area (Å²) in [4.78, 5) is 15.0. The van der Waals surface area contributed by atoms with Gasteiger partial charge in [0.2, 0.25) is 0 Å². The van der Waals surface area contributed by atoms with Crippen LogP contribution in [0.4, 0.5) is 5.69 Å². The Morgan fingerprint density at radius 3 is 2.76 bits per heavy atom. The van der Waals surface area contributed by atoms with Crippen LogP contribution in [0.15, 0.2) is 34.8 Å². The van der Waals surface area contributed by atoms with Gasteiger partial charge < -0.3 is 5.73 Å². The van der Waals surface area contributed by atoms with Gasteiger partial charge in [0.15, 0.2) is 6.29 Å². The van der Waals surface area contributed by atoms with Crippen molar-refractivity contribution < 1.29 is 4.79 Å². The summed E-state index contributed by atoms with van der Waals surface area (Å²) in [7, 11) is 0. The monoisotopic (exact) mass is 310 g/mol. The summed E-state index contributed by atoms with van der Waals surface area (Å²) in [5.74, 6) is 0. The van der Waals surface area contributed by atoms with E-state index in [4.69, 9.17) is 17.3 Å².